The van der Waals surface area contributed by atoms with E-state index >= 15 is 0 Å². The van der Waals surface area contributed by atoms with Gasteiger partial charge in [0, 0.05) is 6.42 Å². The van der Waals surface area contributed by atoms with Gasteiger partial charge in [-0.05, 0) is 22.4 Å². The molecule has 2 nitrogen and oxygen atoms in total. The lowest BCUT2D eigenvalue weighted by Gasteiger charge is -2.02. The van der Waals surface area contributed by atoms with E-state index < -0.39 is 0 Å². The van der Waals surface area contributed by atoms with E-state index in [0.717, 1.165) is 23.3 Å². The molecule has 1 aliphatic heterocycles. The van der Waals surface area contributed by atoms with Crippen LogP contribution in [-0.4, -0.2) is 5.84 Å². The minimum atomic E-state index is 0.722. The summed E-state index contributed by atoms with van der Waals surface area (Å²) in [7, 11) is 0. The highest BCUT2D eigenvalue weighted by atomic mass is 79.9. The van der Waals surface area contributed by atoms with E-state index in [1.807, 2.05) is 6.08 Å². The van der Waals surface area contributed by atoms with Crippen molar-refractivity contribution in [1.29, 1.82) is 0 Å². The Morgan fingerprint density at radius 2 is 2.50 bits per heavy atom. The molecule has 1 heterocycles. The van der Waals surface area contributed by atoms with E-state index in [4.69, 9.17) is 5.73 Å². The van der Waals surface area contributed by atoms with Gasteiger partial charge in [0.25, 0.3) is 0 Å². The van der Waals surface area contributed by atoms with Crippen molar-refractivity contribution in [2.75, 3.05) is 0 Å². The zero-order valence-corrected chi connectivity index (χ0v) is 5.98. The summed E-state index contributed by atoms with van der Waals surface area (Å²) in [6, 6.07) is 0. The molecule has 0 bridgehead atoms. The Bertz CT molecular complexity index is 149. The number of hydrogen-bond donors (Lipinski definition) is 1. The standard InChI is InChI=1S/C5H7BrN2/c6-4-2-1-3-5(7)8-4/h2H,1,3H2,(H2,7,8). The first-order valence-electron chi connectivity index (χ1n) is 2.48. The molecule has 0 aromatic rings. The summed E-state index contributed by atoms with van der Waals surface area (Å²) in [6.45, 7) is 0. The van der Waals surface area contributed by atoms with Gasteiger partial charge in [-0.15, -0.1) is 0 Å². The molecule has 0 radical (unpaired) electrons. The van der Waals surface area contributed by atoms with Gasteiger partial charge in [0.05, 0.1) is 0 Å². The summed E-state index contributed by atoms with van der Waals surface area (Å²) >= 11 is 3.22. The molecule has 0 fully saturated rings. The summed E-state index contributed by atoms with van der Waals surface area (Å²) in [4.78, 5) is 3.95. The minimum Gasteiger partial charge on any atom is -0.387 e. The predicted octanol–water partition coefficient (Wildman–Crippen LogP) is 1.37. The van der Waals surface area contributed by atoms with E-state index in [9.17, 15) is 0 Å². The average molecular weight is 175 g/mol. The van der Waals surface area contributed by atoms with Crippen molar-refractivity contribution in [3.05, 3.63) is 10.7 Å². The quantitative estimate of drug-likeness (QED) is 0.554. The maximum absolute atomic E-state index is 5.40. The third kappa shape index (κ3) is 1.33. The molecular formula is C5H7BrN2. The number of allylic oxidation sites excluding steroid dienone is 1. The lowest BCUT2D eigenvalue weighted by Crippen LogP contribution is -2.12. The van der Waals surface area contributed by atoms with Crippen molar-refractivity contribution in [1.82, 2.24) is 0 Å². The molecule has 0 aromatic heterocycles. The highest BCUT2D eigenvalue weighted by Crippen LogP contribution is 2.13. The lowest BCUT2D eigenvalue weighted by molar-refractivity contribution is 1.04. The molecule has 0 saturated heterocycles. The molecule has 0 unspecified atom stereocenters. The number of nitrogens with two attached hydrogens (primary N) is 1. The van der Waals surface area contributed by atoms with Crippen LogP contribution in [0.15, 0.2) is 15.7 Å². The molecule has 0 amide bonds. The first-order valence-corrected chi connectivity index (χ1v) is 3.27. The summed E-state index contributed by atoms with van der Waals surface area (Å²) in [5.74, 6) is 0.722. The van der Waals surface area contributed by atoms with Crippen molar-refractivity contribution >= 4 is 21.8 Å². The summed E-state index contributed by atoms with van der Waals surface area (Å²) in [5, 5.41) is 0. The van der Waals surface area contributed by atoms with Crippen molar-refractivity contribution in [2.45, 2.75) is 12.8 Å². The van der Waals surface area contributed by atoms with Crippen molar-refractivity contribution in [2.24, 2.45) is 10.7 Å². The largest absolute Gasteiger partial charge is 0.387 e. The highest BCUT2D eigenvalue weighted by molar-refractivity contribution is 9.11. The smallest absolute Gasteiger partial charge is 0.104 e. The van der Waals surface area contributed by atoms with Crippen LogP contribution < -0.4 is 5.73 Å². The predicted molar refractivity (Wildman–Crippen MR) is 37.9 cm³/mol. The van der Waals surface area contributed by atoms with Crippen molar-refractivity contribution < 1.29 is 0 Å². The van der Waals surface area contributed by atoms with Gasteiger partial charge in [-0.25, -0.2) is 4.99 Å². The molecule has 0 saturated carbocycles. The van der Waals surface area contributed by atoms with Gasteiger partial charge in [0.1, 0.15) is 10.4 Å². The molecule has 2 N–H and O–H groups in total. The fraction of sp³-hybridized carbons (Fsp3) is 0.400. The number of hydrogen-bond acceptors (Lipinski definition) is 2. The molecule has 0 aliphatic carbocycles. The number of rotatable bonds is 0. The van der Waals surface area contributed by atoms with Crippen LogP contribution in [0, 0.1) is 0 Å². The van der Waals surface area contributed by atoms with Crippen LogP contribution in [0.1, 0.15) is 12.8 Å². The second-order valence-corrected chi connectivity index (χ2v) is 2.48. The molecular weight excluding hydrogens is 168 g/mol. The van der Waals surface area contributed by atoms with Gasteiger partial charge >= 0.3 is 0 Å². The Labute approximate surface area is 56.6 Å². The maximum Gasteiger partial charge on any atom is 0.104 e. The average Bonchev–Trinajstić information content (AvgIpc) is 1.64. The summed E-state index contributed by atoms with van der Waals surface area (Å²) < 4.78 is 0.862. The van der Waals surface area contributed by atoms with E-state index in [1.165, 1.54) is 0 Å². The zero-order valence-electron chi connectivity index (χ0n) is 4.39. The molecule has 0 atom stereocenters. The Morgan fingerprint density at radius 3 is 2.88 bits per heavy atom. The molecule has 0 spiro atoms. The van der Waals surface area contributed by atoms with E-state index in [1.54, 1.807) is 0 Å². The van der Waals surface area contributed by atoms with Crippen molar-refractivity contribution in [3.8, 4) is 0 Å². The molecule has 1 rings (SSSR count). The third-order valence-electron chi connectivity index (χ3n) is 0.964. The molecule has 1 aliphatic rings. The van der Waals surface area contributed by atoms with Gasteiger partial charge in [-0.3, -0.25) is 0 Å². The Morgan fingerprint density at radius 1 is 1.75 bits per heavy atom. The molecule has 8 heavy (non-hydrogen) atoms. The fourth-order valence-electron chi connectivity index (χ4n) is 0.578. The van der Waals surface area contributed by atoms with Crippen LogP contribution >= 0.6 is 15.9 Å². The number of halogens is 1. The van der Waals surface area contributed by atoms with Crippen LogP contribution in [0.25, 0.3) is 0 Å². The van der Waals surface area contributed by atoms with Gasteiger partial charge in [0.2, 0.25) is 0 Å². The van der Waals surface area contributed by atoms with Crippen LogP contribution in [-0.2, 0) is 0 Å². The third-order valence-corrected chi connectivity index (χ3v) is 1.46. The monoisotopic (exact) mass is 174 g/mol. The molecule has 44 valence electrons. The highest BCUT2D eigenvalue weighted by Gasteiger charge is 1.98. The van der Waals surface area contributed by atoms with Crippen LogP contribution in [0.3, 0.4) is 0 Å². The number of aliphatic imine (C=N–C) groups is 1. The maximum atomic E-state index is 5.40. The summed E-state index contributed by atoms with van der Waals surface area (Å²) in [5.41, 5.74) is 5.40. The molecule has 3 heteroatoms. The lowest BCUT2D eigenvalue weighted by atomic mass is 10.2. The Hall–Kier alpha value is -0.310. The summed E-state index contributed by atoms with van der Waals surface area (Å²) in [6.07, 6.45) is 3.92. The first kappa shape index (κ1) is 5.82. The van der Waals surface area contributed by atoms with Gasteiger partial charge in [-0.2, -0.15) is 0 Å². The van der Waals surface area contributed by atoms with Crippen molar-refractivity contribution in [3.63, 3.8) is 0 Å². The van der Waals surface area contributed by atoms with E-state index in [2.05, 4.69) is 20.9 Å². The topological polar surface area (TPSA) is 38.4 Å². The van der Waals surface area contributed by atoms with Crippen LogP contribution in [0.5, 0.6) is 0 Å². The Balaban J connectivity index is 2.69. The number of nitrogens with zero attached hydrogens (tertiary/aromatic N) is 1. The van der Waals surface area contributed by atoms with Gasteiger partial charge < -0.3 is 5.73 Å². The van der Waals surface area contributed by atoms with E-state index in [-0.39, 0.29) is 0 Å². The first-order chi connectivity index (χ1) is 3.79. The zero-order chi connectivity index (χ0) is 5.98. The van der Waals surface area contributed by atoms with Crippen LogP contribution in [0.4, 0.5) is 0 Å². The number of amidine groups is 1. The van der Waals surface area contributed by atoms with E-state index in [0.29, 0.717) is 0 Å². The molecule has 0 aromatic carbocycles. The van der Waals surface area contributed by atoms with Gasteiger partial charge in [0.15, 0.2) is 0 Å². The fourth-order valence-corrected chi connectivity index (χ4v) is 1.03. The minimum absolute atomic E-state index is 0.722. The van der Waals surface area contributed by atoms with Crippen LogP contribution in [0.2, 0.25) is 0 Å². The Kier molecular flexibility index (Phi) is 1.68. The van der Waals surface area contributed by atoms with Gasteiger partial charge in [-0.1, -0.05) is 6.08 Å². The normalized spacial score (nSPS) is 19.6. The second kappa shape index (κ2) is 2.31. The SMILES string of the molecule is NC1=NC(Br)=CCC1. The second-order valence-electron chi connectivity index (χ2n) is 1.67.